The van der Waals surface area contributed by atoms with E-state index in [0.29, 0.717) is 0 Å². The van der Waals surface area contributed by atoms with E-state index in [1.165, 1.54) is 19.3 Å². The number of likely N-dealkylation sites (tertiary alicyclic amines) is 1. The second kappa shape index (κ2) is 8.55. The molecule has 1 heterocycles. The number of alkyl halides is 3. The zero-order valence-electron chi connectivity index (χ0n) is 13.5. The fourth-order valence-corrected chi connectivity index (χ4v) is 2.94. The summed E-state index contributed by atoms with van der Waals surface area (Å²) in [5.74, 6) is 1.06. The van der Waals surface area contributed by atoms with Crippen molar-refractivity contribution in [2.45, 2.75) is 32.0 Å². The first kappa shape index (κ1) is 18.1. The van der Waals surface area contributed by atoms with Crippen molar-refractivity contribution >= 4 is 0 Å². The van der Waals surface area contributed by atoms with Gasteiger partial charge in [0.2, 0.25) is 0 Å². The van der Waals surface area contributed by atoms with E-state index >= 15 is 0 Å². The number of hydrogen-bond donors (Lipinski definition) is 1. The number of hydrogen-bond acceptors (Lipinski definition) is 3. The molecule has 0 aliphatic carbocycles. The molecule has 1 saturated heterocycles. The topological polar surface area (TPSA) is 24.5 Å². The monoisotopic (exact) mass is 330 g/mol. The quantitative estimate of drug-likeness (QED) is 0.829. The van der Waals surface area contributed by atoms with Crippen LogP contribution in [0.5, 0.6) is 5.75 Å². The molecule has 0 unspecified atom stereocenters. The van der Waals surface area contributed by atoms with Crippen molar-refractivity contribution in [1.82, 2.24) is 10.2 Å². The molecule has 3 nitrogen and oxygen atoms in total. The lowest BCUT2D eigenvalue weighted by Gasteiger charge is -2.32. The summed E-state index contributed by atoms with van der Waals surface area (Å²) in [5, 5.41) is 3.19. The average Bonchev–Trinajstić information content (AvgIpc) is 2.52. The van der Waals surface area contributed by atoms with Gasteiger partial charge in [-0.15, -0.1) is 0 Å². The van der Waals surface area contributed by atoms with Gasteiger partial charge in [-0.2, -0.15) is 13.2 Å². The van der Waals surface area contributed by atoms with Gasteiger partial charge in [0.1, 0.15) is 5.75 Å². The van der Waals surface area contributed by atoms with E-state index in [4.69, 9.17) is 4.74 Å². The standard InChI is InChI=1S/C17H25F3N2O/c1-21-8-5-14-6-9-22(10-7-14)12-15-3-2-4-16(11-15)23-13-17(18,19)20/h2-4,11,14,21H,5-10,12-13H2,1H3. The maximum absolute atomic E-state index is 12.2. The molecule has 0 bridgehead atoms. The van der Waals surface area contributed by atoms with Crippen LogP contribution >= 0.6 is 0 Å². The van der Waals surface area contributed by atoms with Gasteiger partial charge in [0, 0.05) is 6.54 Å². The Bertz CT molecular complexity index is 471. The third-order valence-corrected chi connectivity index (χ3v) is 4.22. The Balaban J connectivity index is 1.80. The smallest absolute Gasteiger partial charge is 0.422 e. The molecule has 2 rings (SSSR count). The molecule has 0 spiro atoms. The molecular formula is C17H25F3N2O. The molecule has 0 radical (unpaired) electrons. The van der Waals surface area contributed by atoms with Crippen molar-refractivity contribution in [3.63, 3.8) is 0 Å². The van der Waals surface area contributed by atoms with Crippen LogP contribution in [0.25, 0.3) is 0 Å². The summed E-state index contributed by atoms with van der Waals surface area (Å²) in [7, 11) is 1.98. The van der Waals surface area contributed by atoms with Gasteiger partial charge in [0.15, 0.2) is 6.61 Å². The van der Waals surface area contributed by atoms with Crippen LogP contribution in [0.15, 0.2) is 24.3 Å². The predicted octanol–water partition coefficient (Wildman–Crippen LogP) is 3.45. The number of rotatable bonds is 7. The summed E-state index contributed by atoms with van der Waals surface area (Å²) in [6, 6.07) is 6.96. The molecule has 0 aromatic heterocycles. The van der Waals surface area contributed by atoms with Gasteiger partial charge in [-0.25, -0.2) is 0 Å². The van der Waals surface area contributed by atoms with E-state index in [0.717, 1.165) is 37.7 Å². The van der Waals surface area contributed by atoms with E-state index in [9.17, 15) is 13.2 Å². The van der Waals surface area contributed by atoms with E-state index in [1.54, 1.807) is 18.2 Å². The fraction of sp³-hybridized carbons (Fsp3) is 0.647. The fourth-order valence-electron chi connectivity index (χ4n) is 2.94. The molecule has 1 N–H and O–H groups in total. The normalized spacial score (nSPS) is 17.4. The van der Waals surface area contributed by atoms with Crippen LogP contribution < -0.4 is 10.1 Å². The number of nitrogens with one attached hydrogen (secondary N) is 1. The van der Waals surface area contributed by atoms with Crippen LogP contribution in [0, 0.1) is 5.92 Å². The van der Waals surface area contributed by atoms with Crippen LogP contribution in [0.3, 0.4) is 0 Å². The first-order chi connectivity index (χ1) is 11.0. The highest BCUT2D eigenvalue weighted by atomic mass is 19.4. The number of nitrogens with zero attached hydrogens (tertiary/aromatic N) is 1. The Morgan fingerprint density at radius 2 is 2.00 bits per heavy atom. The second-order valence-corrected chi connectivity index (χ2v) is 6.16. The molecule has 130 valence electrons. The SMILES string of the molecule is CNCCC1CCN(Cc2cccc(OCC(F)(F)F)c2)CC1. The molecule has 1 aliphatic heterocycles. The Labute approximate surface area is 135 Å². The summed E-state index contributed by atoms with van der Waals surface area (Å²) in [6.45, 7) is 2.67. The van der Waals surface area contributed by atoms with Crippen molar-refractivity contribution in [3.05, 3.63) is 29.8 Å². The van der Waals surface area contributed by atoms with Gasteiger partial charge in [-0.1, -0.05) is 12.1 Å². The Kier molecular flexibility index (Phi) is 6.72. The summed E-state index contributed by atoms with van der Waals surface area (Å²) < 4.78 is 41.4. The minimum atomic E-state index is -4.30. The number of ether oxygens (including phenoxy) is 1. The van der Waals surface area contributed by atoms with Crippen molar-refractivity contribution in [2.24, 2.45) is 5.92 Å². The zero-order chi connectivity index (χ0) is 16.7. The van der Waals surface area contributed by atoms with Gasteiger partial charge < -0.3 is 10.1 Å². The van der Waals surface area contributed by atoms with Gasteiger partial charge in [-0.3, -0.25) is 4.90 Å². The maximum Gasteiger partial charge on any atom is 0.422 e. The van der Waals surface area contributed by atoms with E-state index in [2.05, 4.69) is 10.2 Å². The Hall–Kier alpha value is -1.27. The van der Waals surface area contributed by atoms with Crippen LogP contribution in [0.1, 0.15) is 24.8 Å². The van der Waals surface area contributed by atoms with Crippen LogP contribution in [0.2, 0.25) is 0 Å². The second-order valence-electron chi connectivity index (χ2n) is 6.16. The summed E-state index contributed by atoms with van der Waals surface area (Å²) in [5.41, 5.74) is 0.998. The lowest BCUT2D eigenvalue weighted by Crippen LogP contribution is -2.34. The van der Waals surface area contributed by atoms with Gasteiger partial charge in [0.05, 0.1) is 0 Å². The minimum absolute atomic E-state index is 0.281. The maximum atomic E-state index is 12.2. The van der Waals surface area contributed by atoms with Crippen LogP contribution in [0.4, 0.5) is 13.2 Å². The number of piperidine rings is 1. The molecule has 0 amide bonds. The first-order valence-corrected chi connectivity index (χ1v) is 8.12. The summed E-state index contributed by atoms with van der Waals surface area (Å²) in [4.78, 5) is 2.36. The molecule has 0 saturated carbocycles. The lowest BCUT2D eigenvalue weighted by atomic mass is 9.93. The van der Waals surface area contributed by atoms with E-state index in [-0.39, 0.29) is 5.75 Å². The van der Waals surface area contributed by atoms with E-state index < -0.39 is 12.8 Å². The minimum Gasteiger partial charge on any atom is -0.484 e. The lowest BCUT2D eigenvalue weighted by molar-refractivity contribution is -0.153. The Morgan fingerprint density at radius 1 is 1.26 bits per heavy atom. The highest BCUT2D eigenvalue weighted by Gasteiger charge is 2.28. The van der Waals surface area contributed by atoms with Crippen molar-refractivity contribution in [3.8, 4) is 5.75 Å². The molecule has 1 aromatic rings. The predicted molar refractivity (Wildman–Crippen MR) is 84.5 cm³/mol. The number of benzene rings is 1. The largest absolute Gasteiger partial charge is 0.484 e. The highest BCUT2D eigenvalue weighted by molar-refractivity contribution is 5.28. The van der Waals surface area contributed by atoms with Gasteiger partial charge in [-0.05, 0) is 69.6 Å². The first-order valence-electron chi connectivity index (χ1n) is 8.12. The van der Waals surface area contributed by atoms with E-state index in [1.807, 2.05) is 13.1 Å². The zero-order valence-corrected chi connectivity index (χ0v) is 13.5. The highest BCUT2D eigenvalue weighted by Crippen LogP contribution is 2.23. The molecule has 6 heteroatoms. The van der Waals surface area contributed by atoms with Crippen molar-refractivity contribution in [1.29, 1.82) is 0 Å². The molecule has 1 aromatic carbocycles. The van der Waals surface area contributed by atoms with Gasteiger partial charge >= 0.3 is 6.18 Å². The molecule has 0 atom stereocenters. The van der Waals surface area contributed by atoms with Crippen LogP contribution in [-0.4, -0.2) is 44.4 Å². The van der Waals surface area contributed by atoms with Crippen LogP contribution in [-0.2, 0) is 6.54 Å². The third-order valence-electron chi connectivity index (χ3n) is 4.22. The molecular weight excluding hydrogens is 305 g/mol. The van der Waals surface area contributed by atoms with Gasteiger partial charge in [0.25, 0.3) is 0 Å². The summed E-state index contributed by atoms with van der Waals surface area (Å²) >= 11 is 0. The average molecular weight is 330 g/mol. The number of halogens is 3. The molecule has 1 aliphatic rings. The van der Waals surface area contributed by atoms with Crippen molar-refractivity contribution in [2.75, 3.05) is 33.3 Å². The van der Waals surface area contributed by atoms with Crippen molar-refractivity contribution < 1.29 is 17.9 Å². The Morgan fingerprint density at radius 3 is 2.65 bits per heavy atom. The third kappa shape index (κ3) is 6.79. The summed E-state index contributed by atoms with van der Waals surface area (Å²) in [6.07, 6.45) is -0.714. The molecule has 23 heavy (non-hydrogen) atoms. The molecule has 1 fully saturated rings.